The lowest BCUT2D eigenvalue weighted by Gasteiger charge is -2.38. The van der Waals surface area contributed by atoms with E-state index in [4.69, 9.17) is 0 Å². The van der Waals surface area contributed by atoms with Crippen LogP contribution in [-0.4, -0.2) is 46.5 Å². The lowest BCUT2D eigenvalue weighted by molar-refractivity contribution is -0.139. The molecule has 1 atom stereocenters. The number of hydrogen-bond acceptors (Lipinski definition) is 3. The maximum Gasteiger partial charge on any atom is 0.417 e. The van der Waals surface area contributed by atoms with Gasteiger partial charge < -0.3 is 9.47 Å². The smallest absolute Gasteiger partial charge is 0.339 e. The van der Waals surface area contributed by atoms with Gasteiger partial charge >= 0.3 is 6.18 Å². The van der Waals surface area contributed by atoms with E-state index in [1.54, 1.807) is 4.90 Å². The molecule has 0 radical (unpaired) electrons. The average molecular weight is 393 g/mol. The Labute approximate surface area is 161 Å². The first kappa shape index (κ1) is 20.1. The molecule has 1 unspecified atom stereocenters. The highest BCUT2D eigenvalue weighted by atomic mass is 19.4. The van der Waals surface area contributed by atoms with Crippen LogP contribution in [0.4, 0.5) is 13.2 Å². The Hall–Kier alpha value is -2.61. The van der Waals surface area contributed by atoms with Crippen LogP contribution in [0.3, 0.4) is 0 Å². The highest BCUT2D eigenvalue weighted by molar-refractivity contribution is 5.76. The second kappa shape index (κ2) is 8.18. The van der Waals surface area contributed by atoms with Crippen LogP contribution >= 0.6 is 0 Å². The minimum absolute atomic E-state index is 0.213. The lowest BCUT2D eigenvalue weighted by Crippen LogP contribution is -2.50. The molecule has 0 spiro atoms. The van der Waals surface area contributed by atoms with Crippen molar-refractivity contribution in [3.8, 4) is 0 Å². The van der Waals surface area contributed by atoms with Crippen molar-refractivity contribution in [1.82, 2.24) is 14.4 Å². The number of benzene rings is 1. The molecule has 2 aromatic rings. The molecule has 0 N–H and O–H groups in total. The summed E-state index contributed by atoms with van der Waals surface area (Å²) in [5, 5.41) is 0. The van der Waals surface area contributed by atoms with E-state index in [1.807, 2.05) is 18.2 Å². The van der Waals surface area contributed by atoms with Crippen molar-refractivity contribution in [3.63, 3.8) is 0 Å². The van der Waals surface area contributed by atoms with Crippen LogP contribution in [-0.2, 0) is 17.5 Å². The number of pyridine rings is 1. The number of carbonyl (C=O) groups is 1. The van der Waals surface area contributed by atoms with Crippen molar-refractivity contribution >= 4 is 5.91 Å². The van der Waals surface area contributed by atoms with Gasteiger partial charge in [0.25, 0.3) is 5.56 Å². The summed E-state index contributed by atoms with van der Waals surface area (Å²) in [4.78, 5) is 28.2. The molecule has 150 valence electrons. The molecule has 0 aliphatic carbocycles. The summed E-state index contributed by atoms with van der Waals surface area (Å²) in [6.07, 6.45) is -3.86. The molecule has 1 aromatic carbocycles. The highest BCUT2D eigenvalue weighted by Gasteiger charge is 2.31. The quantitative estimate of drug-likeness (QED) is 0.803. The predicted octanol–water partition coefficient (Wildman–Crippen LogP) is 2.77. The fraction of sp³-hybridized carbons (Fsp3) is 0.400. The number of aromatic nitrogens is 1. The summed E-state index contributed by atoms with van der Waals surface area (Å²) in [6, 6.07) is 11.8. The molecule has 5 nitrogen and oxygen atoms in total. The summed E-state index contributed by atoms with van der Waals surface area (Å²) >= 11 is 0. The standard InChI is InChI=1S/C20H22F3N3O2/c1-15(16-5-3-2-4-6-16)24-9-11-25(12-10-24)19(28)14-26-13-17(20(21,22)23)7-8-18(26)27/h2-8,13,15H,9-12,14H2,1H3. The van der Waals surface area contributed by atoms with Crippen LogP contribution in [0.25, 0.3) is 0 Å². The Morgan fingerprint density at radius 3 is 2.29 bits per heavy atom. The number of carbonyl (C=O) groups excluding carboxylic acids is 1. The summed E-state index contributed by atoms with van der Waals surface area (Å²) < 4.78 is 39.3. The summed E-state index contributed by atoms with van der Waals surface area (Å²) in [5.74, 6) is -0.353. The van der Waals surface area contributed by atoms with E-state index in [2.05, 4.69) is 24.0 Å². The van der Waals surface area contributed by atoms with Crippen molar-refractivity contribution in [2.24, 2.45) is 0 Å². The lowest BCUT2D eigenvalue weighted by atomic mass is 10.1. The van der Waals surface area contributed by atoms with Crippen LogP contribution in [0.5, 0.6) is 0 Å². The fourth-order valence-electron chi connectivity index (χ4n) is 3.37. The molecular formula is C20H22F3N3O2. The van der Waals surface area contributed by atoms with Crippen LogP contribution in [0.15, 0.2) is 53.5 Å². The van der Waals surface area contributed by atoms with Gasteiger partial charge in [-0.15, -0.1) is 0 Å². The summed E-state index contributed by atoms with van der Waals surface area (Å²) in [6.45, 7) is 4.00. The topological polar surface area (TPSA) is 45.5 Å². The maximum atomic E-state index is 12.8. The van der Waals surface area contributed by atoms with E-state index < -0.39 is 23.8 Å². The van der Waals surface area contributed by atoms with E-state index in [9.17, 15) is 22.8 Å². The monoisotopic (exact) mass is 393 g/mol. The molecule has 1 aliphatic heterocycles. The minimum Gasteiger partial charge on any atom is -0.339 e. The fourth-order valence-corrected chi connectivity index (χ4v) is 3.37. The molecule has 1 saturated heterocycles. The molecule has 0 saturated carbocycles. The summed E-state index contributed by atoms with van der Waals surface area (Å²) in [5.41, 5.74) is -0.378. The Morgan fingerprint density at radius 1 is 1.04 bits per heavy atom. The zero-order valence-corrected chi connectivity index (χ0v) is 15.5. The second-order valence-corrected chi connectivity index (χ2v) is 6.89. The zero-order chi connectivity index (χ0) is 20.3. The van der Waals surface area contributed by atoms with E-state index in [-0.39, 0.29) is 11.9 Å². The Kier molecular flexibility index (Phi) is 5.88. The van der Waals surface area contributed by atoms with E-state index >= 15 is 0 Å². The van der Waals surface area contributed by atoms with Gasteiger partial charge in [0.2, 0.25) is 5.91 Å². The minimum atomic E-state index is -4.56. The number of rotatable bonds is 4. The van der Waals surface area contributed by atoms with Gasteiger partial charge in [-0.2, -0.15) is 13.2 Å². The van der Waals surface area contributed by atoms with Crippen LogP contribution in [0.2, 0.25) is 0 Å². The molecule has 1 amide bonds. The number of hydrogen-bond donors (Lipinski definition) is 0. The third kappa shape index (κ3) is 4.62. The van der Waals surface area contributed by atoms with Gasteiger partial charge in [0, 0.05) is 44.5 Å². The largest absolute Gasteiger partial charge is 0.417 e. The van der Waals surface area contributed by atoms with E-state index in [1.165, 1.54) is 5.56 Å². The van der Waals surface area contributed by atoms with Gasteiger partial charge in [0.05, 0.1) is 5.56 Å². The first-order valence-corrected chi connectivity index (χ1v) is 9.10. The molecule has 2 heterocycles. The maximum absolute atomic E-state index is 12.8. The average Bonchev–Trinajstić information content (AvgIpc) is 2.69. The zero-order valence-electron chi connectivity index (χ0n) is 15.5. The highest BCUT2D eigenvalue weighted by Crippen LogP contribution is 2.28. The van der Waals surface area contributed by atoms with Gasteiger partial charge in [-0.3, -0.25) is 14.5 Å². The van der Waals surface area contributed by atoms with Crippen molar-refractivity contribution in [2.45, 2.75) is 25.7 Å². The third-order valence-corrected chi connectivity index (χ3v) is 5.11. The molecule has 8 heteroatoms. The van der Waals surface area contributed by atoms with Gasteiger partial charge in [-0.1, -0.05) is 30.3 Å². The van der Waals surface area contributed by atoms with Gasteiger partial charge in [-0.25, -0.2) is 0 Å². The first-order valence-electron chi connectivity index (χ1n) is 9.10. The van der Waals surface area contributed by atoms with Gasteiger partial charge in [-0.05, 0) is 18.6 Å². The van der Waals surface area contributed by atoms with Crippen LogP contribution < -0.4 is 5.56 Å². The molecule has 0 bridgehead atoms. The Balaban J connectivity index is 1.61. The van der Waals surface area contributed by atoms with Crippen LogP contribution in [0, 0.1) is 0 Å². The van der Waals surface area contributed by atoms with Gasteiger partial charge in [0.1, 0.15) is 6.54 Å². The number of amides is 1. The number of nitrogens with zero attached hydrogens (tertiary/aromatic N) is 3. The van der Waals surface area contributed by atoms with Crippen LogP contribution in [0.1, 0.15) is 24.1 Å². The Bertz CT molecular complexity index is 872. The number of alkyl halides is 3. The van der Waals surface area contributed by atoms with Crippen molar-refractivity contribution in [2.75, 3.05) is 26.2 Å². The van der Waals surface area contributed by atoms with Crippen molar-refractivity contribution < 1.29 is 18.0 Å². The first-order chi connectivity index (χ1) is 13.3. The molecule has 1 fully saturated rings. The molecule has 1 aromatic heterocycles. The summed E-state index contributed by atoms with van der Waals surface area (Å²) in [7, 11) is 0. The molecule has 3 rings (SSSR count). The molecule has 1 aliphatic rings. The van der Waals surface area contributed by atoms with E-state index in [0.29, 0.717) is 32.4 Å². The SMILES string of the molecule is CC(c1ccccc1)N1CCN(C(=O)Cn2cc(C(F)(F)F)ccc2=O)CC1. The molecular weight excluding hydrogens is 371 g/mol. The molecule has 28 heavy (non-hydrogen) atoms. The van der Waals surface area contributed by atoms with Crippen molar-refractivity contribution in [1.29, 1.82) is 0 Å². The van der Waals surface area contributed by atoms with Crippen molar-refractivity contribution in [3.05, 3.63) is 70.1 Å². The number of halogens is 3. The third-order valence-electron chi connectivity index (χ3n) is 5.11. The van der Waals surface area contributed by atoms with E-state index in [0.717, 1.165) is 16.7 Å². The second-order valence-electron chi connectivity index (χ2n) is 6.89. The predicted molar refractivity (Wildman–Crippen MR) is 98.7 cm³/mol. The van der Waals surface area contributed by atoms with Gasteiger partial charge in [0.15, 0.2) is 0 Å². The normalized spacial score (nSPS) is 16.8. The number of piperazine rings is 1. The Morgan fingerprint density at radius 2 is 1.68 bits per heavy atom.